The average molecular weight is 385 g/mol. The van der Waals surface area contributed by atoms with Crippen molar-refractivity contribution in [3.63, 3.8) is 0 Å². The van der Waals surface area contributed by atoms with Gasteiger partial charge in [-0.15, -0.1) is 0 Å². The maximum absolute atomic E-state index is 13.0. The Bertz CT molecular complexity index is 1220. The highest BCUT2D eigenvalue weighted by atomic mass is 16.5. The smallest absolute Gasteiger partial charge is 0.259 e. The first-order chi connectivity index (χ1) is 14.2. The molecular weight excluding hydrogens is 366 g/mol. The molecule has 1 aromatic heterocycles. The Morgan fingerprint density at radius 1 is 1.07 bits per heavy atom. The summed E-state index contributed by atoms with van der Waals surface area (Å²) in [6.45, 7) is 1.85. The molecule has 1 amide bonds. The lowest BCUT2D eigenvalue weighted by Gasteiger charge is -2.13. The maximum atomic E-state index is 13.0. The van der Waals surface area contributed by atoms with Crippen LogP contribution in [0.2, 0.25) is 0 Å². The minimum Gasteiger partial charge on any atom is -0.485 e. The Labute approximate surface area is 167 Å². The second-order valence-electron chi connectivity index (χ2n) is 7.08. The van der Waals surface area contributed by atoms with Gasteiger partial charge in [0.2, 0.25) is 11.7 Å². The van der Waals surface area contributed by atoms with Crippen LogP contribution >= 0.6 is 0 Å². The van der Waals surface area contributed by atoms with Crippen LogP contribution in [-0.4, -0.2) is 16.0 Å². The second-order valence-corrected chi connectivity index (χ2v) is 7.08. The molecule has 0 bridgehead atoms. The van der Waals surface area contributed by atoms with Gasteiger partial charge in [-0.25, -0.2) is 0 Å². The quantitative estimate of drug-likeness (QED) is 0.549. The van der Waals surface area contributed by atoms with E-state index in [2.05, 4.69) is 33.7 Å². The lowest BCUT2D eigenvalue weighted by molar-refractivity contribution is 0.102. The van der Waals surface area contributed by atoms with E-state index in [-0.39, 0.29) is 12.5 Å². The summed E-state index contributed by atoms with van der Waals surface area (Å²) in [6.07, 6.45) is 2.10. The normalized spacial score (nSPS) is 12.3. The molecule has 0 saturated carbocycles. The Morgan fingerprint density at radius 3 is 2.72 bits per heavy atom. The number of aromatic nitrogens is 2. The SMILES string of the molecule is Cc1nc(COc2ccccc2C(=O)Nc2ccc3c4c(cccc24)CC3)no1. The third kappa shape index (κ3) is 3.23. The van der Waals surface area contributed by atoms with Crippen LogP contribution in [0.3, 0.4) is 0 Å². The highest BCUT2D eigenvalue weighted by Crippen LogP contribution is 2.35. The molecule has 0 unspecified atom stereocenters. The van der Waals surface area contributed by atoms with Crippen molar-refractivity contribution in [3.8, 4) is 5.75 Å². The van der Waals surface area contributed by atoms with Gasteiger partial charge in [-0.1, -0.05) is 41.6 Å². The highest BCUT2D eigenvalue weighted by molar-refractivity contribution is 6.11. The molecule has 0 saturated heterocycles. The van der Waals surface area contributed by atoms with Crippen LogP contribution in [0.1, 0.15) is 33.2 Å². The van der Waals surface area contributed by atoms with Gasteiger partial charge in [0, 0.05) is 18.0 Å². The van der Waals surface area contributed by atoms with Crippen LogP contribution < -0.4 is 10.1 Å². The number of amides is 1. The summed E-state index contributed by atoms with van der Waals surface area (Å²) in [4.78, 5) is 17.2. The first-order valence-corrected chi connectivity index (χ1v) is 9.55. The van der Waals surface area contributed by atoms with Gasteiger partial charge in [0.25, 0.3) is 5.91 Å². The standard InChI is InChI=1S/C23H19N3O3/c1-14-24-21(26-29-14)13-28-20-8-3-2-6-18(20)23(27)25-19-12-11-16-10-9-15-5-4-7-17(19)22(15)16/h2-8,11-12H,9-10,13H2,1H3,(H,25,27). The van der Waals surface area contributed by atoms with E-state index in [1.807, 2.05) is 24.3 Å². The highest BCUT2D eigenvalue weighted by Gasteiger charge is 2.18. The number of ether oxygens (including phenoxy) is 1. The summed E-state index contributed by atoms with van der Waals surface area (Å²) in [6, 6.07) is 17.5. The van der Waals surface area contributed by atoms with Crippen molar-refractivity contribution in [3.05, 3.63) is 83.0 Å². The number of hydrogen-bond acceptors (Lipinski definition) is 5. The van der Waals surface area contributed by atoms with Crippen molar-refractivity contribution >= 4 is 22.4 Å². The van der Waals surface area contributed by atoms with Gasteiger partial charge in [-0.05, 0) is 47.6 Å². The molecule has 0 fully saturated rings. The van der Waals surface area contributed by atoms with Crippen LogP contribution in [0.5, 0.6) is 5.75 Å². The Kier molecular flexibility index (Phi) is 4.24. The van der Waals surface area contributed by atoms with Crippen molar-refractivity contribution in [1.82, 2.24) is 10.1 Å². The molecule has 0 radical (unpaired) electrons. The van der Waals surface area contributed by atoms with E-state index < -0.39 is 0 Å². The molecular formula is C23H19N3O3. The monoisotopic (exact) mass is 385 g/mol. The first-order valence-electron chi connectivity index (χ1n) is 9.55. The molecule has 144 valence electrons. The molecule has 1 N–H and O–H groups in total. The van der Waals surface area contributed by atoms with E-state index in [9.17, 15) is 4.79 Å². The molecule has 0 atom stereocenters. The fraction of sp³-hybridized carbons (Fsp3) is 0.174. The van der Waals surface area contributed by atoms with Crippen molar-refractivity contribution < 1.29 is 14.1 Å². The molecule has 3 aromatic carbocycles. The number of rotatable bonds is 5. The van der Waals surface area contributed by atoms with Crippen LogP contribution in [0.25, 0.3) is 10.8 Å². The Morgan fingerprint density at radius 2 is 1.90 bits per heavy atom. The van der Waals surface area contributed by atoms with Crippen LogP contribution in [0.4, 0.5) is 5.69 Å². The van der Waals surface area contributed by atoms with Crippen molar-refractivity contribution in [2.75, 3.05) is 5.32 Å². The van der Waals surface area contributed by atoms with E-state index in [0.29, 0.717) is 23.0 Å². The van der Waals surface area contributed by atoms with E-state index in [1.165, 1.54) is 16.5 Å². The van der Waals surface area contributed by atoms with E-state index in [1.54, 1.807) is 19.1 Å². The topological polar surface area (TPSA) is 77.2 Å². The van der Waals surface area contributed by atoms with Crippen molar-refractivity contribution in [1.29, 1.82) is 0 Å². The van der Waals surface area contributed by atoms with E-state index >= 15 is 0 Å². The van der Waals surface area contributed by atoms with Crippen LogP contribution in [0, 0.1) is 6.92 Å². The van der Waals surface area contributed by atoms with Gasteiger partial charge in [0.15, 0.2) is 6.61 Å². The number of carbonyl (C=O) groups is 1. The van der Waals surface area contributed by atoms with Gasteiger partial charge in [0.05, 0.1) is 5.56 Å². The largest absolute Gasteiger partial charge is 0.485 e. The number of anilines is 1. The Hall–Kier alpha value is -3.67. The Balaban J connectivity index is 1.41. The van der Waals surface area contributed by atoms with Gasteiger partial charge < -0.3 is 14.6 Å². The third-order valence-corrected chi connectivity index (χ3v) is 5.18. The van der Waals surface area contributed by atoms with Crippen LogP contribution in [0.15, 0.2) is 59.1 Å². The summed E-state index contributed by atoms with van der Waals surface area (Å²) in [5.74, 6) is 1.16. The minimum atomic E-state index is -0.219. The zero-order valence-corrected chi connectivity index (χ0v) is 15.9. The maximum Gasteiger partial charge on any atom is 0.259 e. The summed E-state index contributed by atoms with van der Waals surface area (Å²) >= 11 is 0. The molecule has 1 aliphatic carbocycles. The molecule has 1 heterocycles. The molecule has 0 aliphatic heterocycles. The third-order valence-electron chi connectivity index (χ3n) is 5.18. The predicted molar refractivity (Wildman–Crippen MR) is 109 cm³/mol. The zero-order valence-electron chi connectivity index (χ0n) is 15.9. The van der Waals surface area contributed by atoms with E-state index in [4.69, 9.17) is 9.26 Å². The number of aryl methyl sites for hydroxylation is 3. The summed E-state index contributed by atoms with van der Waals surface area (Å²) in [5, 5.41) is 9.22. The van der Waals surface area contributed by atoms with Gasteiger partial charge in [-0.3, -0.25) is 4.79 Å². The van der Waals surface area contributed by atoms with Crippen molar-refractivity contribution in [2.24, 2.45) is 0 Å². The van der Waals surface area contributed by atoms with Gasteiger partial charge in [-0.2, -0.15) is 4.98 Å². The number of nitrogens with zero attached hydrogens (tertiary/aromatic N) is 2. The summed E-state index contributed by atoms with van der Waals surface area (Å²) in [7, 11) is 0. The summed E-state index contributed by atoms with van der Waals surface area (Å²) < 4.78 is 10.7. The molecule has 5 rings (SSSR count). The molecule has 6 nitrogen and oxygen atoms in total. The fourth-order valence-electron chi connectivity index (χ4n) is 3.87. The molecule has 29 heavy (non-hydrogen) atoms. The second kappa shape index (κ2) is 7.05. The minimum absolute atomic E-state index is 0.128. The molecule has 0 spiro atoms. The number of para-hydroxylation sites is 1. The number of nitrogens with one attached hydrogen (secondary N) is 1. The van der Waals surface area contributed by atoms with Crippen LogP contribution in [-0.2, 0) is 19.4 Å². The fourth-order valence-corrected chi connectivity index (χ4v) is 3.87. The van der Waals surface area contributed by atoms with Gasteiger partial charge >= 0.3 is 0 Å². The molecule has 1 aliphatic rings. The predicted octanol–water partition coefficient (Wildman–Crippen LogP) is 4.46. The average Bonchev–Trinajstić information content (AvgIpc) is 3.36. The van der Waals surface area contributed by atoms with Gasteiger partial charge in [0.1, 0.15) is 5.75 Å². The summed E-state index contributed by atoms with van der Waals surface area (Å²) in [5.41, 5.74) is 3.94. The lowest BCUT2D eigenvalue weighted by Crippen LogP contribution is -2.14. The first kappa shape index (κ1) is 17.4. The molecule has 6 heteroatoms. The molecule has 4 aromatic rings. The lowest BCUT2D eigenvalue weighted by atomic mass is 10.0. The van der Waals surface area contributed by atoms with Crippen molar-refractivity contribution in [2.45, 2.75) is 26.4 Å². The zero-order chi connectivity index (χ0) is 19.8. The number of hydrogen-bond donors (Lipinski definition) is 1. The number of carbonyl (C=O) groups excluding carboxylic acids is 1. The van der Waals surface area contributed by atoms with E-state index in [0.717, 1.165) is 23.9 Å². The number of benzene rings is 3.